The molecule has 7 heteroatoms. The van der Waals surface area contributed by atoms with Gasteiger partial charge in [-0.1, -0.05) is 42.0 Å². The van der Waals surface area contributed by atoms with Gasteiger partial charge in [-0.3, -0.25) is 9.69 Å². The van der Waals surface area contributed by atoms with Crippen molar-refractivity contribution in [2.24, 2.45) is 5.73 Å². The third-order valence-electron chi connectivity index (χ3n) is 5.74. The van der Waals surface area contributed by atoms with Crippen molar-refractivity contribution < 1.29 is 18.0 Å². The molecule has 4 rings (SSSR count). The Bertz CT molecular complexity index is 1170. The Morgan fingerprint density at radius 1 is 1.13 bits per heavy atom. The van der Waals surface area contributed by atoms with E-state index in [4.69, 9.17) is 5.73 Å². The molecule has 2 N–H and O–H groups in total. The highest BCUT2D eigenvalue weighted by Crippen LogP contribution is 2.48. The highest BCUT2D eigenvalue weighted by Gasteiger charge is 2.43. The van der Waals surface area contributed by atoms with Crippen LogP contribution in [0.5, 0.6) is 0 Å². The Balaban J connectivity index is 2.01. The van der Waals surface area contributed by atoms with Crippen LogP contribution >= 0.6 is 0 Å². The first-order valence-corrected chi connectivity index (χ1v) is 9.93. The van der Waals surface area contributed by atoms with Gasteiger partial charge in [0, 0.05) is 17.7 Å². The van der Waals surface area contributed by atoms with Crippen LogP contribution in [0, 0.1) is 18.3 Å². The van der Waals surface area contributed by atoms with Crippen molar-refractivity contribution in [3.63, 3.8) is 0 Å². The number of hydrogen-bond acceptors (Lipinski definition) is 4. The monoisotopic (exact) mass is 423 g/mol. The molecule has 4 nitrogen and oxygen atoms in total. The Kier molecular flexibility index (Phi) is 5.10. The van der Waals surface area contributed by atoms with E-state index in [1.54, 1.807) is 0 Å². The molecule has 2 aromatic carbocycles. The molecule has 0 amide bonds. The first-order valence-electron chi connectivity index (χ1n) is 9.93. The van der Waals surface area contributed by atoms with Crippen molar-refractivity contribution in [2.45, 2.75) is 38.3 Å². The first-order chi connectivity index (χ1) is 14.7. The van der Waals surface area contributed by atoms with Crippen LogP contribution in [0.25, 0.3) is 0 Å². The molecule has 0 fully saturated rings. The van der Waals surface area contributed by atoms with Gasteiger partial charge >= 0.3 is 6.18 Å². The summed E-state index contributed by atoms with van der Waals surface area (Å²) in [6.45, 7) is 1.90. The fourth-order valence-electron chi connectivity index (χ4n) is 4.45. The molecular weight excluding hydrogens is 403 g/mol. The van der Waals surface area contributed by atoms with Gasteiger partial charge in [-0.05, 0) is 37.5 Å². The lowest BCUT2D eigenvalue weighted by atomic mass is 9.75. The van der Waals surface area contributed by atoms with Crippen molar-refractivity contribution in [3.05, 3.63) is 87.9 Å². The molecule has 0 aromatic heterocycles. The minimum Gasteiger partial charge on any atom is -0.384 e. The van der Waals surface area contributed by atoms with E-state index < -0.39 is 17.7 Å². The number of para-hydroxylation sites is 1. The van der Waals surface area contributed by atoms with Crippen LogP contribution in [0.4, 0.5) is 18.9 Å². The highest BCUT2D eigenvalue weighted by molar-refractivity contribution is 6.01. The van der Waals surface area contributed by atoms with Crippen LogP contribution in [-0.2, 0) is 11.0 Å². The Labute approximate surface area is 178 Å². The molecule has 0 spiro atoms. The quantitative estimate of drug-likeness (QED) is 0.710. The number of rotatable bonds is 2. The molecule has 1 atom stereocenters. The van der Waals surface area contributed by atoms with Crippen LogP contribution in [-0.4, -0.2) is 5.78 Å². The topological polar surface area (TPSA) is 70.1 Å². The molecule has 0 radical (unpaired) electrons. The number of nitrogens with zero attached hydrogens (tertiary/aromatic N) is 2. The van der Waals surface area contributed by atoms with Crippen molar-refractivity contribution >= 4 is 11.5 Å². The van der Waals surface area contributed by atoms with E-state index in [1.165, 1.54) is 23.1 Å². The summed E-state index contributed by atoms with van der Waals surface area (Å²) in [6.07, 6.45) is -3.42. The number of nitriles is 1. The van der Waals surface area contributed by atoms with Gasteiger partial charge in [0.05, 0.1) is 28.8 Å². The number of ketones is 1. The van der Waals surface area contributed by atoms with Crippen LogP contribution in [0.1, 0.15) is 41.9 Å². The first kappa shape index (κ1) is 20.7. The number of carbonyl (C=O) groups is 1. The zero-order chi connectivity index (χ0) is 22.3. The fourth-order valence-corrected chi connectivity index (χ4v) is 4.45. The zero-order valence-electron chi connectivity index (χ0n) is 16.8. The van der Waals surface area contributed by atoms with Crippen LogP contribution in [0.2, 0.25) is 0 Å². The second kappa shape index (κ2) is 7.62. The van der Waals surface area contributed by atoms with E-state index >= 15 is 0 Å². The summed E-state index contributed by atoms with van der Waals surface area (Å²) in [5.41, 5.74) is 7.88. The number of anilines is 1. The summed E-state index contributed by atoms with van der Waals surface area (Å²) in [5.74, 6) is -0.927. The second-order valence-electron chi connectivity index (χ2n) is 7.75. The van der Waals surface area contributed by atoms with Gasteiger partial charge in [0.1, 0.15) is 5.82 Å². The maximum Gasteiger partial charge on any atom is 0.418 e. The van der Waals surface area contributed by atoms with E-state index in [1.807, 2.05) is 31.2 Å². The molecule has 2 aromatic rings. The maximum absolute atomic E-state index is 13.8. The Morgan fingerprint density at radius 2 is 1.87 bits per heavy atom. The smallest absolute Gasteiger partial charge is 0.384 e. The number of carbonyl (C=O) groups excluding carboxylic acids is 1. The lowest BCUT2D eigenvalue weighted by Crippen LogP contribution is -2.39. The van der Waals surface area contributed by atoms with Gasteiger partial charge < -0.3 is 5.73 Å². The van der Waals surface area contributed by atoms with Gasteiger partial charge in [0.25, 0.3) is 0 Å². The molecule has 1 aliphatic heterocycles. The van der Waals surface area contributed by atoms with E-state index in [9.17, 15) is 23.2 Å². The third-order valence-corrected chi connectivity index (χ3v) is 5.74. The molecule has 158 valence electrons. The van der Waals surface area contributed by atoms with Crippen molar-refractivity contribution in [1.29, 1.82) is 5.26 Å². The van der Waals surface area contributed by atoms with Crippen molar-refractivity contribution in [2.75, 3.05) is 4.90 Å². The van der Waals surface area contributed by atoms with Crippen LogP contribution in [0.3, 0.4) is 0 Å². The zero-order valence-corrected chi connectivity index (χ0v) is 16.8. The number of allylic oxidation sites excluding steroid dienone is 3. The Hall–Kier alpha value is -3.53. The highest BCUT2D eigenvalue weighted by atomic mass is 19.4. The molecular formula is C24H20F3N3O. The number of hydrogen-bond donors (Lipinski definition) is 1. The van der Waals surface area contributed by atoms with Gasteiger partial charge in [-0.2, -0.15) is 18.4 Å². The lowest BCUT2D eigenvalue weighted by molar-refractivity contribution is -0.137. The van der Waals surface area contributed by atoms with Crippen molar-refractivity contribution in [3.8, 4) is 6.07 Å². The molecule has 1 aliphatic carbocycles. The predicted molar refractivity (Wildman–Crippen MR) is 111 cm³/mol. The lowest BCUT2D eigenvalue weighted by Gasteiger charge is -2.40. The van der Waals surface area contributed by atoms with Crippen molar-refractivity contribution in [1.82, 2.24) is 0 Å². The van der Waals surface area contributed by atoms with E-state index in [0.29, 0.717) is 24.1 Å². The second-order valence-corrected chi connectivity index (χ2v) is 7.75. The van der Waals surface area contributed by atoms with E-state index in [-0.39, 0.29) is 29.3 Å². The minimum atomic E-state index is -4.61. The average Bonchev–Trinajstić information content (AvgIpc) is 2.72. The molecule has 0 unspecified atom stereocenters. The molecule has 31 heavy (non-hydrogen) atoms. The summed E-state index contributed by atoms with van der Waals surface area (Å²) < 4.78 is 41.3. The summed E-state index contributed by atoms with van der Waals surface area (Å²) >= 11 is 0. The number of aryl methyl sites for hydroxylation is 1. The summed E-state index contributed by atoms with van der Waals surface area (Å²) in [4.78, 5) is 14.3. The number of benzene rings is 2. The van der Waals surface area contributed by atoms with E-state index in [0.717, 1.165) is 17.2 Å². The predicted octanol–water partition coefficient (Wildman–Crippen LogP) is 5.32. The molecule has 2 aliphatic rings. The normalized spacial score (nSPS) is 19.4. The van der Waals surface area contributed by atoms with Gasteiger partial charge in [-0.25, -0.2) is 0 Å². The maximum atomic E-state index is 13.8. The standard InChI is InChI=1S/C24H20F3N3O/c1-14-6-4-7-15(12-14)21-16(13-28)23(29)30(19-10-5-11-20(31)22(19)21)18-9-3-2-8-17(18)24(25,26)27/h2-4,6-9,12,21H,5,10-11,29H2,1H3/t21-/m1/s1. The number of halogens is 3. The Morgan fingerprint density at radius 3 is 2.55 bits per heavy atom. The molecule has 0 bridgehead atoms. The molecule has 1 heterocycles. The average molecular weight is 423 g/mol. The summed E-state index contributed by atoms with van der Waals surface area (Å²) in [6, 6.07) is 14.6. The van der Waals surface area contributed by atoms with Crippen LogP contribution in [0.15, 0.2) is 71.2 Å². The minimum absolute atomic E-state index is 0.0702. The van der Waals surface area contributed by atoms with Gasteiger partial charge in [-0.15, -0.1) is 0 Å². The fraction of sp³-hybridized carbons (Fsp3) is 0.250. The van der Waals surface area contributed by atoms with E-state index in [2.05, 4.69) is 6.07 Å². The number of nitrogens with two attached hydrogens (primary N) is 1. The molecule has 0 saturated heterocycles. The number of Topliss-reactive ketones (excluding diaryl/α,β-unsaturated/α-hetero) is 1. The largest absolute Gasteiger partial charge is 0.418 e. The van der Waals surface area contributed by atoms with Gasteiger partial charge in [0.15, 0.2) is 5.78 Å². The SMILES string of the molecule is Cc1cccc([C@@H]2C(C#N)=C(N)N(c3ccccc3C(F)(F)F)C3=C2C(=O)CCC3)c1. The summed E-state index contributed by atoms with van der Waals surface area (Å²) in [5, 5.41) is 9.96. The molecule has 0 saturated carbocycles. The third kappa shape index (κ3) is 3.48. The number of alkyl halides is 3. The van der Waals surface area contributed by atoms with Gasteiger partial charge in [0.2, 0.25) is 0 Å². The van der Waals surface area contributed by atoms with Crippen LogP contribution < -0.4 is 10.6 Å². The summed E-state index contributed by atoms with van der Waals surface area (Å²) in [7, 11) is 0.